The normalized spacial score (nSPS) is 14.2. The topological polar surface area (TPSA) is 34.1 Å². The van der Waals surface area contributed by atoms with Crippen molar-refractivity contribution in [1.29, 1.82) is 0 Å². The molecule has 0 aliphatic heterocycles. The molecular weight excluding hydrogens is 304 g/mol. The predicted molar refractivity (Wildman–Crippen MR) is 99.8 cm³/mol. The highest BCUT2D eigenvalue weighted by Gasteiger charge is 2.31. The van der Waals surface area contributed by atoms with Gasteiger partial charge in [-0.15, -0.1) is 0 Å². The zero-order chi connectivity index (χ0) is 17.5. The second-order valence-corrected chi connectivity index (χ2v) is 7.58. The van der Waals surface area contributed by atoms with Gasteiger partial charge in [0.25, 0.3) is 0 Å². The summed E-state index contributed by atoms with van der Waals surface area (Å²) in [5, 5.41) is 0.0583. The van der Waals surface area contributed by atoms with Crippen molar-refractivity contribution in [3.8, 4) is 0 Å². The summed E-state index contributed by atoms with van der Waals surface area (Å²) in [6.45, 7) is 11.0. The van der Waals surface area contributed by atoms with E-state index in [-0.39, 0.29) is 10.9 Å². The maximum atomic E-state index is 12.2. The van der Waals surface area contributed by atoms with Crippen LogP contribution in [0.25, 0.3) is 0 Å². The van der Waals surface area contributed by atoms with Crippen LogP contribution in [-0.2, 0) is 16.0 Å². The van der Waals surface area contributed by atoms with Crippen molar-refractivity contribution in [3.05, 3.63) is 59.7 Å². The van der Waals surface area contributed by atoms with Gasteiger partial charge in [-0.1, -0.05) is 65.9 Å². The molecule has 0 N–H and O–H groups in total. The summed E-state index contributed by atoms with van der Waals surface area (Å²) in [5.74, 6) is -0.0180. The van der Waals surface area contributed by atoms with Crippen LogP contribution in [-0.4, -0.2) is 15.6 Å². The standard InChI is InChI=1S/C20H26O2S/c1-6-15(2)14-20(5,17(4)21)23-19(22)9-7-8-18-12-10-16(3)11-13-18/h6,10-14H,1,7-9H2,2-5H3/b15-14+/t20-/m1/s1. The highest BCUT2D eigenvalue weighted by atomic mass is 32.2. The molecule has 0 heterocycles. The highest BCUT2D eigenvalue weighted by molar-refractivity contribution is 8.15. The lowest BCUT2D eigenvalue weighted by atomic mass is 10.0. The number of allylic oxidation sites excluding steroid dienone is 2. The van der Waals surface area contributed by atoms with E-state index >= 15 is 0 Å². The lowest BCUT2D eigenvalue weighted by Crippen LogP contribution is -2.29. The minimum Gasteiger partial charge on any atom is -0.298 e. The van der Waals surface area contributed by atoms with Gasteiger partial charge in [-0.2, -0.15) is 0 Å². The Hall–Kier alpha value is -1.61. The SMILES string of the molecule is C=C/C(C)=C/[C@@](C)(SC(=O)CCCc1ccc(C)cc1)C(C)=O. The molecule has 0 unspecified atom stereocenters. The van der Waals surface area contributed by atoms with Crippen molar-refractivity contribution < 1.29 is 9.59 Å². The van der Waals surface area contributed by atoms with Gasteiger partial charge >= 0.3 is 0 Å². The number of carbonyl (C=O) groups excluding carboxylic acids is 2. The third kappa shape index (κ3) is 6.57. The van der Waals surface area contributed by atoms with E-state index in [1.165, 1.54) is 18.1 Å². The number of rotatable bonds is 8. The van der Waals surface area contributed by atoms with Gasteiger partial charge < -0.3 is 0 Å². The Balaban J connectivity index is 2.58. The second-order valence-electron chi connectivity index (χ2n) is 6.07. The number of hydrogen-bond acceptors (Lipinski definition) is 3. The van der Waals surface area contributed by atoms with Crippen molar-refractivity contribution in [3.63, 3.8) is 0 Å². The molecule has 0 bridgehead atoms. The molecule has 124 valence electrons. The van der Waals surface area contributed by atoms with Gasteiger partial charge in [0.2, 0.25) is 0 Å². The molecular formula is C20H26O2S. The molecule has 1 aromatic rings. The monoisotopic (exact) mass is 330 g/mol. The Morgan fingerprint density at radius 3 is 2.35 bits per heavy atom. The summed E-state index contributed by atoms with van der Waals surface area (Å²) in [4.78, 5) is 24.2. The molecule has 0 spiro atoms. The Bertz CT molecular complexity index is 599. The number of thioether (sulfide) groups is 1. The van der Waals surface area contributed by atoms with Crippen LogP contribution in [0.1, 0.15) is 44.7 Å². The van der Waals surface area contributed by atoms with Crippen molar-refractivity contribution in [1.82, 2.24) is 0 Å². The Morgan fingerprint density at radius 1 is 1.22 bits per heavy atom. The quantitative estimate of drug-likeness (QED) is 0.625. The summed E-state index contributed by atoms with van der Waals surface area (Å²) in [6, 6.07) is 8.37. The zero-order valence-electron chi connectivity index (χ0n) is 14.5. The minimum atomic E-state index is -0.806. The van der Waals surface area contributed by atoms with E-state index in [1.807, 2.05) is 13.0 Å². The van der Waals surface area contributed by atoms with Crippen LogP contribution < -0.4 is 0 Å². The van der Waals surface area contributed by atoms with E-state index in [2.05, 4.69) is 37.8 Å². The third-order valence-electron chi connectivity index (χ3n) is 3.82. The summed E-state index contributed by atoms with van der Waals surface area (Å²) < 4.78 is -0.806. The number of Topliss-reactive ketones (excluding diaryl/α,β-unsaturated/α-hetero) is 1. The lowest BCUT2D eigenvalue weighted by Gasteiger charge is -2.22. The van der Waals surface area contributed by atoms with Gasteiger partial charge in [0.05, 0.1) is 4.75 Å². The van der Waals surface area contributed by atoms with Crippen LogP contribution in [0.3, 0.4) is 0 Å². The van der Waals surface area contributed by atoms with Crippen molar-refractivity contribution in [2.24, 2.45) is 0 Å². The maximum absolute atomic E-state index is 12.2. The average molecular weight is 330 g/mol. The molecule has 0 radical (unpaired) electrons. The molecule has 0 saturated carbocycles. The maximum Gasteiger partial charge on any atom is 0.190 e. The molecule has 0 fully saturated rings. The summed E-state index contributed by atoms with van der Waals surface area (Å²) >= 11 is 1.12. The van der Waals surface area contributed by atoms with Crippen molar-refractivity contribution >= 4 is 22.7 Å². The number of ketones is 1. The molecule has 0 aromatic heterocycles. The molecule has 0 aliphatic rings. The first-order chi connectivity index (χ1) is 10.8. The van der Waals surface area contributed by atoms with Gasteiger partial charge in [0.1, 0.15) is 5.78 Å². The van der Waals surface area contributed by atoms with Crippen LogP contribution in [0.4, 0.5) is 0 Å². The molecule has 0 saturated heterocycles. The van der Waals surface area contributed by atoms with Crippen molar-refractivity contribution in [2.45, 2.75) is 51.7 Å². The van der Waals surface area contributed by atoms with E-state index < -0.39 is 4.75 Å². The van der Waals surface area contributed by atoms with Crippen molar-refractivity contribution in [2.75, 3.05) is 0 Å². The molecule has 0 amide bonds. The predicted octanol–water partition coefficient (Wildman–Crippen LogP) is 5.06. The molecule has 1 rings (SSSR count). The van der Waals surface area contributed by atoms with Crippen LogP contribution in [0.5, 0.6) is 0 Å². The first-order valence-electron chi connectivity index (χ1n) is 7.87. The van der Waals surface area contributed by atoms with Crippen LogP contribution >= 0.6 is 11.8 Å². The Kier molecular flexibility index (Phi) is 7.50. The lowest BCUT2D eigenvalue weighted by molar-refractivity contribution is -0.118. The van der Waals surface area contributed by atoms with Gasteiger partial charge in [0, 0.05) is 6.42 Å². The Labute approximate surface area is 144 Å². The summed E-state index contributed by atoms with van der Waals surface area (Å²) in [6.07, 6.45) is 5.68. The van der Waals surface area contributed by atoms with Crippen LogP contribution in [0.2, 0.25) is 0 Å². The fraction of sp³-hybridized carbons (Fsp3) is 0.400. The van der Waals surface area contributed by atoms with Gasteiger partial charge in [-0.05, 0) is 46.1 Å². The minimum absolute atomic E-state index is 0.0180. The number of benzene rings is 1. The smallest absolute Gasteiger partial charge is 0.190 e. The molecule has 0 aliphatic carbocycles. The van der Waals surface area contributed by atoms with Gasteiger partial charge in [-0.25, -0.2) is 0 Å². The fourth-order valence-electron chi connectivity index (χ4n) is 2.18. The average Bonchev–Trinajstić information content (AvgIpc) is 2.48. The number of hydrogen-bond donors (Lipinski definition) is 0. The van der Waals surface area contributed by atoms with Crippen LogP contribution in [0, 0.1) is 6.92 Å². The molecule has 1 aromatic carbocycles. The van der Waals surface area contributed by atoms with E-state index in [1.54, 1.807) is 13.0 Å². The highest BCUT2D eigenvalue weighted by Crippen LogP contribution is 2.31. The first-order valence-corrected chi connectivity index (χ1v) is 8.69. The van der Waals surface area contributed by atoms with E-state index in [9.17, 15) is 9.59 Å². The molecule has 23 heavy (non-hydrogen) atoms. The molecule has 1 atom stereocenters. The van der Waals surface area contributed by atoms with E-state index in [4.69, 9.17) is 0 Å². The number of aryl methyl sites for hydroxylation is 2. The second kappa shape index (κ2) is 8.88. The van der Waals surface area contributed by atoms with E-state index in [0.29, 0.717) is 6.42 Å². The van der Waals surface area contributed by atoms with Gasteiger partial charge in [0.15, 0.2) is 5.12 Å². The molecule has 2 nitrogen and oxygen atoms in total. The first kappa shape index (κ1) is 19.4. The van der Waals surface area contributed by atoms with E-state index in [0.717, 1.165) is 30.2 Å². The number of carbonyl (C=O) groups is 2. The molecule has 3 heteroatoms. The van der Waals surface area contributed by atoms with Gasteiger partial charge in [-0.3, -0.25) is 9.59 Å². The summed E-state index contributed by atoms with van der Waals surface area (Å²) in [7, 11) is 0. The zero-order valence-corrected chi connectivity index (χ0v) is 15.3. The fourth-order valence-corrected chi connectivity index (χ4v) is 3.28. The third-order valence-corrected chi connectivity index (χ3v) is 5.08. The summed E-state index contributed by atoms with van der Waals surface area (Å²) in [5.41, 5.74) is 3.38. The van der Waals surface area contributed by atoms with Crippen LogP contribution in [0.15, 0.2) is 48.6 Å². The Morgan fingerprint density at radius 2 is 1.83 bits per heavy atom. The largest absolute Gasteiger partial charge is 0.298 e.